The van der Waals surface area contributed by atoms with E-state index in [2.05, 4.69) is 42.8 Å². The molecule has 1 aliphatic heterocycles. The summed E-state index contributed by atoms with van der Waals surface area (Å²) in [6.07, 6.45) is 0.655. The molecule has 21 heavy (non-hydrogen) atoms. The minimum atomic E-state index is -0.308. The zero-order chi connectivity index (χ0) is 16.0. The Balaban J connectivity index is 2.28. The second-order valence-corrected chi connectivity index (χ2v) is 7.34. The lowest BCUT2D eigenvalue weighted by Crippen LogP contribution is -2.52. The highest BCUT2D eigenvalue weighted by Crippen LogP contribution is 2.20. The highest BCUT2D eigenvalue weighted by Gasteiger charge is 2.26. The van der Waals surface area contributed by atoms with E-state index in [0.29, 0.717) is 6.54 Å². The Kier molecular flexibility index (Phi) is 7.10. The number of rotatable bonds is 6. The van der Waals surface area contributed by atoms with Crippen molar-refractivity contribution in [1.29, 1.82) is 0 Å². The molecular weight excluding hydrogens is 266 g/mol. The molecule has 5 heteroatoms. The van der Waals surface area contributed by atoms with Crippen molar-refractivity contribution in [3.8, 4) is 0 Å². The zero-order valence-corrected chi connectivity index (χ0v) is 14.4. The molecule has 0 aromatic carbocycles. The SMILES string of the molecule is CC[C@@H](C)NC(=O)CN1CCN(C[C@H](O)C(C)(C)C)CC1. The van der Waals surface area contributed by atoms with Crippen molar-refractivity contribution >= 4 is 5.91 Å². The van der Waals surface area contributed by atoms with Gasteiger partial charge in [0.2, 0.25) is 5.91 Å². The van der Waals surface area contributed by atoms with E-state index >= 15 is 0 Å². The summed E-state index contributed by atoms with van der Waals surface area (Å²) in [6.45, 7) is 15.1. The summed E-state index contributed by atoms with van der Waals surface area (Å²) in [6, 6.07) is 0.251. The number of nitrogens with one attached hydrogen (secondary N) is 1. The second kappa shape index (κ2) is 8.11. The van der Waals surface area contributed by atoms with Gasteiger partial charge in [-0.1, -0.05) is 27.7 Å². The van der Waals surface area contributed by atoms with Gasteiger partial charge >= 0.3 is 0 Å². The number of carbonyl (C=O) groups is 1. The lowest BCUT2D eigenvalue weighted by molar-refractivity contribution is -0.123. The molecule has 2 atom stereocenters. The van der Waals surface area contributed by atoms with Gasteiger partial charge in [-0.05, 0) is 18.8 Å². The molecule has 0 radical (unpaired) electrons. The van der Waals surface area contributed by atoms with Crippen molar-refractivity contribution in [2.45, 2.75) is 53.2 Å². The smallest absolute Gasteiger partial charge is 0.234 e. The molecule has 1 saturated heterocycles. The third kappa shape index (κ3) is 6.76. The third-order valence-electron chi connectivity index (χ3n) is 4.28. The summed E-state index contributed by atoms with van der Waals surface area (Å²) in [5, 5.41) is 13.2. The summed E-state index contributed by atoms with van der Waals surface area (Å²) in [4.78, 5) is 16.3. The van der Waals surface area contributed by atoms with Gasteiger partial charge in [0.05, 0.1) is 12.6 Å². The summed E-state index contributed by atoms with van der Waals surface area (Å²) in [5.41, 5.74) is -0.0761. The van der Waals surface area contributed by atoms with Crippen molar-refractivity contribution in [2.24, 2.45) is 5.41 Å². The molecule has 1 aliphatic rings. The summed E-state index contributed by atoms with van der Waals surface area (Å²) >= 11 is 0. The number of aliphatic hydroxyl groups is 1. The maximum atomic E-state index is 11.9. The van der Waals surface area contributed by atoms with Crippen molar-refractivity contribution in [3.63, 3.8) is 0 Å². The Hall–Kier alpha value is -0.650. The fourth-order valence-electron chi connectivity index (χ4n) is 2.27. The van der Waals surface area contributed by atoms with E-state index in [0.717, 1.165) is 39.1 Å². The van der Waals surface area contributed by atoms with Crippen LogP contribution in [0.4, 0.5) is 0 Å². The molecule has 0 bridgehead atoms. The van der Waals surface area contributed by atoms with E-state index in [1.807, 2.05) is 6.92 Å². The Morgan fingerprint density at radius 3 is 2.19 bits per heavy atom. The summed E-state index contributed by atoms with van der Waals surface area (Å²) in [7, 11) is 0. The van der Waals surface area contributed by atoms with Crippen LogP contribution in [0.15, 0.2) is 0 Å². The minimum absolute atomic E-state index is 0.0761. The number of aliphatic hydroxyl groups excluding tert-OH is 1. The van der Waals surface area contributed by atoms with Crippen molar-refractivity contribution in [3.05, 3.63) is 0 Å². The molecule has 0 aliphatic carbocycles. The fourth-order valence-corrected chi connectivity index (χ4v) is 2.27. The van der Waals surface area contributed by atoms with Crippen LogP contribution in [0.3, 0.4) is 0 Å². The van der Waals surface area contributed by atoms with Gasteiger partial charge in [0, 0.05) is 38.8 Å². The largest absolute Gasteiger partial charge is 0.391 e. The average Bonchev–Trinajstić information content (AvgIpc) is 2.39. The highest BCUT2D eigenvalue weighted by atomic mass is 16.3. The maximum Gasteiger partial charge on any atom is 0.234 e. The first kappa shape index (κ1) is 18.4. The van der Waals surface area contributed by atoms with Crippen molar-refractivity contribution in [1.82, 2.24) is 15.1 Å². The van der Waals surface area contributed by atoms with Crippen molar-refractivity contribution < 1.29 is 9.90 Å². The van der Waals surface area contributed by atoms with Crippen LogP contribution in [-0.4, -0.2) is 72.2 Å². The molecule has 1 heterocycles. The van der Waals surface area contributed by atoms with Crippen LogP contribution in [0.1, 0.15) is 41.0 Å². The van der Waals surface area contributed by atoms with Crippen LogP contribution in [0.25, 0.3) is 0 Å². The molecule has 0 spiro atoms. The average molecular weight is 299 g/mol. The van der Waals surface area contributed by atoms with Gasteiger partial charge in [0.1, 0.15) is 0 Å². The Morgan fingerprint density at radius 1 is 1.19 bits per heavy atom. The van der Waals surface area contributed by atoms with Gasteiger partial charge in [-0.15, -0.1) is 0 Å². The molecule has 0 saturated carbocycles. The molecule has 5 nitrogen and oxygen atoms in total. The number of nitrogens with zero attached hydrogens (tertiary/aromatic N) is 2. The van der Waals surface area contributed by atoms with Crippen LogP contribution in [0.2, 0.25) is 0 Å². The van der Waals surface area contributed by atoms with E-state index in [4.69, 9.17) is 0 Å². The lowest BCUT2D eigenvalue weighted by atomic mass is 9.89. The molecule has 0 aromatic heterocycles. The van der Waals surface area contributed by atoms with Gasteiger partial charge in [-0.2, -0.15) is 0 Å². The quantitative estimate of drug-likeness (QED) is 0.766. The second-order valence-electron chi connectivity index (χ2n) is 7.34. The van der Waals surface area contributed by atoms with E-state index < -0.39 is 0 Å². The van der Waals surface area contributed by atoms with Gasteiger partial charge in [0.15, 0.2) is 0 Å². The van der Waals surface area contributed by atoms with Crippen LogP contribution < -0.4 is 5.32 Å². The number of carbonyl (C=O) groups excluding carboxylic acids is 1. The first-order chi connectivity index (χ1) is 9.72. The molecule has 0 unspecified atom stereocenters. The van der Waals surface area contributed by atoms with Gasteiger partial charge < -0.3 is 10.4 Å². The number of piperazine rings is 1. The number of amides is 1. The fraction of sp³-hybridized carbons (Fsp3) is 0.938. The number of hydrogen-bond acceptors (Lipinski definition) is 4. The van der Waals surface area contributed by atoms with Crippen molar-refractivity contribution in [2.75, 3.05) is 39.3 Å². The number of β-amino-alcohol motifs (C(OH)–C–C–N with tert-alkyl or cyclic N) is 1. The maximum absolute atomic E-state index is 11.9. The summed E-state index contributed by atoms with van der Waals surface area (Å²) in [5.74, 6) is 0.118. The lowest BCUT2D eigenvalue weighted by Gasteiger charge is -2.37. The summed E-state index contributed by atoms with van der Waals surface area (Å²) < 4.78 is 0. The minimum Gasteiger partial charge on any atom is -0.391 e. The molecule has 2 N–H and O–H groups in total. The third-order valence-corrected chi connectivity index (χ3v) is 4.28. The topological polar surface area (TPSA) is 55.8 Å². The van der Waals surface area contributed by atoms with Crippen LogP contribution >= 0.6 is 0 Å². The molecular formula is C16H33N3O2. The van der Waals surface area contributed by atoms with E-state index in [1.54, 1.807) is 0 Å². The predicted octanol–water partition coefficient (Wildman–Crippen LogP) is 0.926. The zero-order valence-electron chi connectivity index (χ0n) is 14.4. The molecule has 0 aromatic rings. The van der Waals surface area contributed by atoms with Crippen LogP contribution in [0, 0.1) is 5.41 Å². The van der Waals surface area contributed by atoms with Gasteiger partial charge in [-0.3, -0.25) is 14.6 Å². The monoisotopic (exact) mass is 299 g/mol. The van der Waals surface area contributed by atoms with Gasteiger partial charge in [0.25, 0.3) is 0 Å². The molecule has 1 fully saturated rings. The standard InChI is InChI=1S/C16H33N3O2/c1-6-13(2)17-15(21)12-19-9-7-18(8-10-19)11-14(20)16(3,4)5/h13-14,20H,6-12H2,1-5H3,(H,17,21)/t13-,14+/m1/s1. The molecule has 1 amide bonds. The molecule has 1 rings (SSSR count). The first-order valence-electron chi connectivity index (χ1n) is 8.14. The highest BCUT2D eigenvalue weighted by molar-refractivity contribution is 5.78. The predicted molar refractivity (Wildman–Crippen MR) is 86.2 cm³/mol. The van der Waals surface area contributed by atoms with E-state index in [-0.39, 0.29) is 23.5 Å². The number of hydrogen-bond donors (Lipinski definition) is 2. The Labute approximate surface area is 129 Å². The van der Waals surface area contributed by atoms with Gasteiger partial charge in [-0.25, -0.2) is 0 Å². The van der Waals surface area contributed by atoms with Crippen LogP contribution in [0.5, 0.6) is 0 Å². The Morgan fingerprint density at radius 2 is 1.71 bits per heavy atom. The van der Waals surface area contributed by atoms with Crippen LogP contribution in [-0.2, 0) is 4.79 Å². The van der Waals surface area contributed by atoms with E-state index in [9.17, 15) is 9.90 Å². The van der Waals surface area contributed by atoms with E-state index in [1.165, 1.54) is 0 Å². The molecule has 124 valence electrons. The Bertz CT molecular complexity index is 320. The first-order valence-corrected chi connectivity index (χ1v) is 8.14. The normalized spacial score (nSPS) is 21.0.